The van der Waals surface area contributed by atoms with Crippen LogP contribution in [0, 0.1) is 0 Å². The molecule has 5 nitrogen and oxygen atoms in total. The second kappa shape index (κ2) is 3.96. The lowest BCUT2D eigenvalue weighted by atomic mass is 10.1. The summed E-state index contributed by atoms with van der Waals surface area (Å²) in [6.45, 7) is 5.27. The van der Waals surface area contributed by atoms with E-state index in [4.69, 9.17) is 5.73 Å². The van der Waals surface area contributed by atoms with Crippen LogP contribution in [0.5, 0.6) is 0 Å². The summed E-state index contributed by atoms with van der Waals surface area (Å²) in [4.78, 5) is 24.2. The molecular formula is C9H17N3O2. The largest absolute Gasteiger partial charge is 0.354 e. The number of nitrogens with zero attached hydrogens (tertiary/aromatic N) is 1. The molecule has 0 aliphatic carbocycles. The molecule has 0 saturated carbocycles. The first-order chi connectivity index (χ1) is 6.38. The minimum Gasteiger partial charge on any atom is -0.354 e. The van der Waals surface area contributed by atoms with Gasteiger partial charge in [-0.25, -0.2) is 0 Å². The maximum Gasteiger partial charge on any atom is 0.232 e. The molecule has 2 amide bonds. The van der Waals surface area contributed by atoms with Crippen LogP contribution in [-0.4, -0.2) is 41.9 Å². The Morgan fingerprint density at radius 3 is 2.71 bits per heavy atom. The van der Waals surface area contributed by atoms with Gasteiger partial charge in [0.05, 0.1) is 0 Å². The Hall–Kier alpha value is -1.10. The van der Waals surface area contributed by atoms with Gasteiger partial charge in [0, 0.05) is 25.2 Å². The summed E-state index contributed by atoms with van der Waals surface area (Å²) >= 11 is 0. The van der Waals surface area contributed by atoms with Crippen molar-refractivity contribution in [3.63, 3.8) is 0 Å². The van der Waals surface area contributed by atoms with Crippen molar-refractivity contribution in [2.75, 3.05) is 19.6 Å². The minimum absolute atomic E-state index is 0.0594. The monoisotopic (exact) mass is 199 g/mol. The van der Waals surface area contributed by atoms with Crippen molar-refractivity contribution in [3.8, 4) is 0 Å². The first-order valence-electron chi connectivity index (χ1n) is 4.72. The Morgan fingerprint density at radius 2 is 2.14 bits per heavy atom. The number of carbonyl (C=O) groups excluding carboxylic acids is 2. The summed E-state index contributed by atoms with van der Waals surface area (Å²) in [6, 6.07) is 0. The van der Waals surface area contributed by atoms with Gasteiger partial charge in [-0.05, 0) is 13.8 Å². The van der Waals surface area contributed by atoms with Gasteiger partial charge in [0.2, 0.25) is 11.8 Å². The van der Waals surface area contributed by atoms with Gasteiger partial charge in [-0.15, -0.1) is 0 Å². The first-order valence-corrected chi connectivity index (χ1v) is 4.72. The van der Waals surface area contributed by atoms with E-state index in [0.717, 1.165) is 0 Å². The van der Waals surface area contributed by atoms with Gasteiger partial charge in [-0.2, -0.15) is 0 Å². The van der Waals surface area contributed by atoms with Gasteiger partial charge < -0.3 is 16.0 Å². The first kappa shape index (κ1) is 11.0. The highest BCUT2D eigenvalue weighted by Crippen LogP contribution is 2.05. The minimum atomic E-state index is -0.414. The van der Waals surface area contributed by atoms with Crippen molar-refractivity contribution in [3.05, 3.63) is 0 Å². The molecule has 0 aromatic carbocycles. The molecule has 5 heteroatoms. The maximum absolute atomic E-state index is 11.5. The molecule has 1 aliphatic heterocycles. The molecule has 1 saturated heterocycles. The Balaban J connectivity index is 2.60. The molecule has 1 rings (SSSR count). The summed E-state index contributed by atoms with van der Waals surface area (Å²) in [5, 5.41) is 2.65. The van der Waals surface area contributed by atoms with Crippen molar-refractivity contribution in [2.45, 2.75) is 25.8 Å². The lowest BCUT2D eigenvalue weighted by Crippen LogP contribution is -2.48. The SMILES string of the molecule is CC(C)(N)CN1CCNC(=O)CC1=O. The van der Waals surface area contributed by atoms with Crippen molar-refractivity contribution < 1.29 is 9.59 Å². The van der Waals surface area contributed by atoms with E-state index in [1.165, 1.54) is 0 Å². The van der Waals surface area contributed by atoms with Crippen LogP contribution in [0.15, 0.2) is 0 Å². The van der Waals surface area contributed by atoms with Crippen LogP contribution in [0.4, 0.5) is 0 Å². The number of hydrogen-bond acceptors (Lipinski definition) is 3. The van der Waals surface area contributed by atoms with Crippen LogP contribution in [0.2, 0.25) is 0 Å². The molecule has 1 heterocycles. The van der Waals surface area contributed by atoms with Gasteiger partial charge in [-0.1, -0.05) is 0 Å². The Bertz CT molecular complexity index is 245. The van der Waals surface area contributed by atoms with Crippen molar-refractivity contribution >= 4 is 11.8 Å². The van der Waals surface area contributed by atoms with E-state index in [-0.39, 0.29) is 18.2 Å². The van der Waals surface area contributed by atoms with E-state index in [9.17, 15) is 9.59 Å². The molecule has 1 fully saturated rings. The van der Waals surface area contributed by atoms with Crippen LogP contribution >= 0.6 is 0 Å². The second-order valence-electron chi connectivity index (χ2n) is 4.33. The summed E-state index contributed by atoms with van der Waals surface area (Å²) in [5.74, 6) is -0.342. The quantitative estimate of drug-likeness (QED) is 0.564. The second-order valence-corrected chi connectivity index (χ2v) is 4.33. The molecule has 0 bridgehead atoms. The molecule has 0 atom stereocenters. The van der Waals surface area contributed by atoms with Crippen molar-refractivity contribution in [1.82, 2.24) is 10.2 Å². The third-order valence-electron chi connectivity index (χ3n) is 1.97. The number of nitrogens with two attached hydrogens (primary N) is 1. The number of nitrogens with one attached hydrogen (secondary N) is 1. The summed E-state index contributed by atoms with van der Waals surface area (Å²) < 4.78 is 0. The third kappa shape index (κ3) is 3.33. The standard InChI is InChI=1S/C9H17N3O2/c1-9(2,10)6-12-4-3-11-7(13)5-8(12)14/h3-6,10H2,1-2H3,(H,11,13). The maximum atomic E-state index is 11.5. The van der Waals surface area contributed by atoms with Crippen LogP contribution < -0.4 is 11.1 Å². The highest BCUT2D eigenvalue weighted by molar-refractivity contribution is 5.97. The van der Waals surface area contributed by atoms with E-state index in [1.54, 1.807) is 4.90 Å². The molecule has 0 unspecified atom stereocenters. The molecule has 1 aliphatic rings. The highest BCUT2D eigenvalue weighted by Gasteiger charge is 2.25. The molecule has 0 aromatic heterocycles. The summed E-state index contributed by atoms with van der Waals surface area (Å²) in [5.41, 5.74) is 5.40. The molecule has 14 heavy (non-hydrogen) atoms. The summed E-state index contributed by atoms with van der Waals surface area (Å²) in [6.07, 6.45) is -0.0594. The van der Waals surface area contributed by atoms with E-state index in [0.29, 0.717) is 19.6 Å². The summed E-state index contributed by atoms with van der Waals surface area (Å²) in [7, 11) is 0. The fourth-order valence-electron chi connectivity index (χ4n) is 1.43. The van der Waals surface area contributed by atoms with Gasteiger partial charge in [0.1, 0.15) is 6.42 Å². The van der Waals surface area contributed by atoms with Gasteiger partial charge in [0.15, 0.2) is 0 Å². The normalized spacial score (nSPS) is 19.2. The lowest BCUT2D eigenvalue weighted by Gasteiger charge is -2.28. The fraction of sp³-hybridized carbons (Fsp3) is 0.778. The van der Waals surface area contributed by atoms with Gasteiger partial charge >= 0.3 is 0 Å². The van der Waals surface area contributed by atoms with Gasteiger partial charge in [0.25, 0.3) is 0 Å². The molecule has 80 valence electrons. The van der Waals surface area contributed by atoms with Crippen LogP contribution in [0.3, 0.4) is 0 Å². The highest BCUT2D eigenvalue weighted by atomic mass is 16.2. The third-order valence-corrected chi connectivity index (χ3v) is 1.97. The Morgan fingerprint density at radius 1 is 1.50 bits per heavy atom. The van der Waals surface area contributed by atoms with E-state index >= 15 is 0 Å². The lowest BCUT2D eigenvalue weighted by molar-refractivity contribution is -0.134. The molecule has 0 spiro atoms. The predicted molar refractivity (Wildman–Crippen MR) is 52.5 cm³/mol. The molecular weight excluding hydrogens is 182 g/mol. The van der Waals surface area contributed by atoms with Crippen LogP contribution in [0.1, 0.15) is 20.3 Å². The zero-order valence-electron chi connectivity index (χ0n) is 8.67. The number of amides is 2. The number of carbonyl (C=O) groups is 2. The zero-order chi connectivity index (χ0) is 10.8. The predicted octanol–water partition coefficient (Wildman–Crippen LogP) is -0.928. The smallest absolute Gasteiger partial charge is 0.232 e. The zero-order valence-corrected chi connectivity index (χ0v) is 8.67. The Kier molecular flexibility index (Phi) is 3.10. The topological polar surface area (TPSA) is 75.4 Å². The number of hydrogen-bond donors (Lipinski definition) is 2. The van der Waals surface area contributed by atoms with E-state index in [2.05, 4.69) is 5.32 Å². The molecule has 3 N–H and O–H groups in total. The van der Waals surface area contributed by atoms with Crippen LogP contribution in [-0.2, 0) is 9.59 Å². The van der Waals surface area contributed by atoms with Crippen molar-refractivity contribution in [1.29, 1.82) is 0 Å². The van der Waals surface area contributed by atoms with E-state index < -0.39 is 5.54 Å². The van der Waals surface area contributed by atoms with Crippen LogP contribution in [0.25, 0.3) is 0 Å². The fourth-order valence-corrected chi connectivity index (χ4v) is 1.43. The molecule has 0 radical (unpaired) electrons. The Labute approximate surface area is 83.6 Å². The molecule has 0 aromatic rings. The average molecular weight is 199 g/mol. The van der Waals surface area contributed by atoms with E-state index in [1.807, 2.05) is 13.8 Å². The van der Waals surface area contributed by atoms with Crippen molar-refractivity contribution in [2.24, 2.45) is 5.73 Å². The average Bonchev–Trinajstić information content (AvgIpc) is 2.11. The number of rotatable bonds is 2. The van der Waals surface area contributed by atoms with Gasteiger partial charge in [-0.3, -0.25) is 9.59 Å².